The van der Waals surface area contributed by atoms with Crippen molar-refractivity contribution >= 4 is 23.0 Å². The van der Waals surface area contributed by atoms with Gasteiger partial charge in [-0.05, 0) is 24.3 Å². The average molecular weight is 262 g/mol. The van der Waals surface area contributed by atoms with Crippen LogP contribution in [0.15, 0.2) is 29.6 Å². The van der Waals surface area contributed by atoms with Crippen molar-refractivity contribution in [1.29, 1.82) is 0 Å². The largest absolute Gasteiger partial charge is 0.464 e. The molecular weight excluding hydrogens is 248 g/mol. The Labute approximate surface area is 110 Å². The van der Waals surface area contributed by atoms with Gasteiger partial charge in [-0.15, -0.1) is 11.3 Å². The lowest BCUT2D eigenvalue weighted by Crippen LogP contribution is -2.07. The number of aromatic nitrogens is 1. The number of carbonyl (C=O) groups excluding carboxylic acids is 1. The van der Waals surface area contributed by atoms with Crippen molar-refractivity contribution in [2.45, 2.75) is 0 Å². The summed E-state index contributed by atoms with van der Waals surface area (Å²) in [6, 6.07) is 8.04. The monoisotopic (exact) mass is 262 g/mol. The summed E-state index contributed by atoms with van der Waals surface area (Å²) < 4.78 is 4.63. The topological polar surface area (TPSA) is 42.4 Å². The Morgan fingerprint density at radius 1 is 1.28 bits per heavy atom. The van der Waals surface area contributed by atoms with Crippen molar-refractivity contribution in [3.63, 3.8) is 0 Å². The molecule has 4 nitrogen and oxygen atoms in total. The van der Waals surface area contributed by atoms with Gasteiger partial charge in [-0.3, -0.25) is 0 Å². The molecule has 0 fully saturated rings. The van der Waals surface area contributed by atoms with Gasteiger partial charge in [0.15, 0.2) is 5.69 Å². The van der Waals surface area contributed by atoms with Crippen LogP contribution in [-0.4, -0.2) is 32.2 Å². The van der Waals surface area contributed by atoms with Gasteiger partial charge in [0.05, 0.1) is 7.11 Å². The Bertz CT molecular complexity index is 546. The van der Waals surface area contributed by atoms with E-state index in [0.29, 0.717) is 5.69 Å². The minimum atomic E-state index is -0.401. The van der Waals surface area contributed by atoms with Gasteiger partial charge in [-0.25, -0.2) is 9.78 Å². The fraction of sp³-hybridized carbons (Fsp3) is 0.231. The van der Waals surface area contributed by atoms with E-state index in [-0.39, 0.29) is 0 Å². The molecule has 1 aromatic heterocycles. The molecule has 0 aliphatic rings. The normalized spacial score (nSPS) is 10.2. The summed E-state index contributed by atoms with van der Waals surface area (Å²) in [7, 11) is 5.34. The first-order valence-electron chi connectivity index (χ1n) is 5.43. The van der Waals surface area contributed by atoms with E-state index in [1.54, 1.807) is 5.38 Å². The molecule has 2 aromatic rings. The Hall–Kier alpha value is -1.88. The highest BCUT2D eigenvalue weighted by molar-refractivity contribution is 7.13. The van der Waals surface area contributed by atoms with Gasteiger partial charge in [-0.2, -0.15) is 0 Å². The van der Waals surface area contributed by atoms with Crippen LogP contribution in [0.5, 0.6) is 0 Å². The molecule has 0 saturated carbocycles. The average Bonchev–Trinajstić information content (AvgIpc) is 2.87. The van der Waals surface area contributed by atoms with Crippen LogP contribution in [0, 0.1) is 0 Å². The number of hydrogen-bond donors (Lipinski definition) is 0. The highest BCUT2D eigenvalue weighted by atomic mass is 32.1. The number of hydrogen-bond acceptors (Lipinski definition) is 5. The summed E-state index contributed by atoms with van der Waals surface area (Å²) in [5.41, 5.74) is 2.48. The van der Waals surface area contributed by atoms with E-state index in [2.05, 4.69) is 9.72 Å². The second-order valence-corrected chi connectivity index (χ2v) is 4.83. The van der Waals surface area contributed by atoms with Crippen molar-refractivity contribution in [1.82, 2.24) is 4.98 Å². The van der Waals surface area contributed by atoms with Crippen LogP contribution in [0.2, 0.25) is 0 Å². The van der Waals surface area contributed by atoms with Crippen LogP contribution in [0.4, 0.5) is 5.69 Å². The van der Waals surface area contributed by atoms with Crippen molar-refractivity contribution in [3.8, 4) is 10.6 Å². The van der Waals surface area contributed by atoms with Gasteiger partial charge >= 0.3 is 5.97 Å². The van der Waals surface area contributed by atoms with Gasteiger partial charge in [0.25, 0.3) is 0 Å². The number of anilines is 1. The SMILES string of the molecule is COC(=O)c1csc(-c2ccc(N(C)C)cc2)n1. The number of nitrogens with zero attached hydrogens (tertiary/aromatic N) is 2. The number of methoxy groups -OCH3 is 1. The zero-order valence-corrected chi connectivity index (χ0v) is 11.3. The number of esters is 1. The molecule has 2 rings (SSSR count). The predicted molar refractivity (Wildman–Crippen MR) is 73.2 cm³/mol. The molecule has 0 bridgehead atoms. The summed E-state index contributed by atoms with van der Waals surface area (Å²) in [6.07, 6.45) is 0. The minimum absolute atomic E-state index is 0.356. The number of rotatable bonds is 3. The molecule has 18 heavy (non-hydrogen) atoms. The lowest BCUT2D eigenvalue weighted by atomic mass is 10.2. The summed E-state index contributed by atoms with van der Waals surface area (Å²) in [6.45, 7) is 0. The first-order valence-corrected chi connectivity index (χ1v) is 6.31. The van der Waals surface area contributed by atoms with Crippen molar-refractivity contribution in [2.75, 3.05) is 26.1 Å². The highest BCUT2D eigenvalue weighted by Gasteiger charge is 2.11. The molecule has 1 heterocycles. The van der Waals surface area contributed by atoms with E-state index >= 15 is 0 Å². The molecular formula is C13H14N2O2S. The Morgan fingerprint density at radius 2 is 1.94 bits per heavy atom. The van der Waals surface area contributed by atoms with Crippen molar-refractivity contribution in [2.24, 2.45) is 0 Å². The minimum Gasteiger partial charge on any atom is -0.464 e. The Kier molecular flexibility index (Phi) is 3.62. The summed E-state index contributed by atoms with van der Waals surface area (Å²) in [5, 5.41) is 2.53. The van der Waals surface area contributed by atoms with Crippen LogP contribution in [-0.2, 0) is 4.74 Å². The van der Waals surface area contributed by atoms with E-state index in [4.69, 9.17) is 0 Å². The second-order valence-electron chi connectivity index (χ2n) is 3.97. The van der Waals surface area contributed by atoms with Gasteiger partial charge in [-0.1, -0.05) is 0 Å². The first kappa shape index (κ1) is 12.6. The summed E-state index contributed by atoms with van der Waals surface area (Å²) in [4.78, 5) is 17.6. The zero-order chi connectivity index (χ0) is 13.1. The number of ether oxygens (including phenoxy) is 1. The lowest BCUT2D eigenvalue weighted by Gasteiger charge is -2.11. The third-order valence-electron chi connectivity index (χ3n) is 2.53. The van der Waals surface area contributed by atoms with E-state index in [0.717, 1.165) is 16.3 Å². The number of thiazole rings is 1. The molecule has 0 unspecified atom stereocenters. The first-order chi connectivity index (χ1) is 8.61. The molecule has 1 aromatic carbocycles. The van der Waals surface area contributed by atoms with Crippen molar-refractivity contribution < 1.29 is 9.53 Å². The molecule has 0 saturated heterocycles. The lowest BCUT2D eigenvalue weighted by molar-refractivity contribution is 0.0595. The van der Waals surface area contributed by atoms with Crippen LogP contribution in [0.25, 0.3) is 10.6 Å². The van der Waals surface area contributed by atoms with E-state index < -0.39 is 5.97 Å². The Balaban J connectivity index is 2.26. The molecule has 0 atom stereocenters. The van der Waals surface area contributed by atoms with Gasteiger partial charge < -0.3 is 9.64 Å². The summed E-state index contributed by atoms with van der Waals surface area (Å²) in [5.74, 6) is -0.401. The number of carbonyl (C=O) groups is 1. The van der Waals surface area contributed by atoms with E-state index in [9.17, 15) is 4.79 Å². The van der Waals surface area contributed by atoms with Gasteiger partial charge in [0.2, 0.25) is 0 Å². The van der Waals surface area contributed by atoms with Crippen molar-refractivity contribution in [3.05, 3.63) is 35.3 Å². The van der Waals surface area contributed by atoms with E-state index in [1.807, 2.05) is 43.3 Å². The fourth-order valence-electron chi connectivity index (χ4n) is 1.51. The van der Waals surface area contributed by atoms with Gasteiger partial charge in [0.1, 0.15) is 5.01 Å². The zero-order valence-electron chi connectivity index (χ0n) is 10.5. The van der Waals surface area contributed by atoms with Crippen LogP contribution in [0.3, 0.4) is 0 Å². The fourth-order valence-corrected chi connectivity index (χ4v) is 2.30. The maximum atomic E-state index is 11.3. The molecule has 0 N–H and O–H groups in total. The smallest absolute Gasteiger partial charge is 0.357 e. The molecule has 0 aliphatic heterocycles. The summed E-state index contributed by atoms with van der Waals surface area (Å²) >= 11 is 1.44. The van der Waals surface area contributed by atoms with Crippen LogP contribution >= 0.6 is 11.3 Å². The molecule has 0 radical (unpaired) electrons. The second kappa shape index (κ2) is 5.18. The van der Waals surface area contributed by atoms with Gasteiger partial charge in [0, 0.05) is 30.7 Å². The standard InChI is InChI=1S/C13H14N2O2S/c1-15(2)10-6-4-9(5-7-10)12-14-11(8-18-12)13(16)17-3/h4-8H,1-3H3. The van der Waals surface area contributed by atoms with E-state index in [1.165, 1.54) is 18.4 Å². The molecule has 0 aliphatic carbocycles. The molecule has 5 heteroatoms. The predicted octanol–water partition coefficient (Wildman–Crippen LogP) is 2.66. The molecule has 0 spiro atoms. The molecule has 94 valence electrons. The highest BCUT2D eigenvalue weighted by Crippen LogP contribution is 2.25. The van der Waals surface area contributed by atoms with Crippen LogP contribution in [0.1, 0.15) is 10.5 Å². The molecule has 0 amide bonds. The Morgan fingerprint density at radius 3 is 2.50 bits per heavy atom. The third-order valence-corrected chi connectivity index (χ3v) is 3.42. The van der Waals surface area contributed by atoms with Crippen LogP contribution < -0.4 is 4.90 Å². The maximum Gasteiger partial charge on any atom is 0.357 e. The number of benzene rings is 1. The quantitative estimate of drug-likeness (QED) is 0.798. The maximum absolute atomic E-state index is 11.3. The third kappa shape index (κ3) is 2.51.